The molecule has 1 rings (SSSR count). The van der Waals surface area contributed by atoms with Gasteiger partial charge in [0.25, 0.3) is 0 Å². The van der Waals surface area contributed by atoms with E-state index in [9.17, 15) is 0 Å². The molecule has 1 atom stereocenters. The van der Waals surface area contributed by atoms with E-state index in [4.69, 9.17) is 11.6 Å². The van der Waals surface area contributed by atoms with Gasteiger partial charge in [-0.25, -0.2) is 0 Å². The lowest BCUT2D eigenvalue weighted by Crippen LogP contribution is -2.14. The summed E-state index contributed by atoms with van der Waals surface area (Å²) >= 11 is 5.78. The van der Waals surface area contributed by atoms with Crippen molar-refractivity contribution in [3.63, 3.8) is 0 Å². The summed E-state index contributed by atoms with van der Waals surface area (Å²) in [6.45, 7) is 4.31. The first kappa shape index (κ1) is 7.76. The summed E-state index contributed by atoms with van der Waals surface area (Å²) in [5, 5.41) is 1.19. The molecule has 4 heteroatoms. The molecular formula is C5H8ClNS2. The first-order valence-corrected chi connectivity index (χ1v) is 5.32. The third kappa shape index (κ3) is 1.79. The van der Waals surface area contributed by atoms with Gasteiger partial charge in [-0.15, -0.1) is 0 Å². The number of halogens is 1. The van der Waals surface area contributed by atoms with Crippen LogP contribution in [0, 0.1) is 5.92 Å². The lowest BCUT2D eigenvalue weighted by Gasteiger charge is -2.09. The number of hydrogen-bond donors (Lipinski definition) is 0. The highest BCUT2D eigenvalue weighted by atomic mass is 35.5. The summed E-state index contributed by atoms with van der Waals surface area (Å²) < 4.78 is 4.00. The van der Waals surface area contributed by atoms with Crippen LogP contribution < -0.4 is 0 Å². The lowest BCUT2D eigenvalue weighted by molar-refractivity contribution is 0.705. The fourth-order valence-corrected chi connectivity index (χ4v) is 3.68. The van der Waals surface area contributed by atoms with E-state index in [-0.39, 0.29) is 0 Å². The van der Waals surface area contributed by atoms with Crippen LogP contribution >= 0.6 is 33.4 Å². The largest absolute Gasteiger partial charge is 0.196 e. The van der Waals surface area contributed by atoms with Gasteiger partial charge in [0.1, 0.15) is 5.17 Å². The molecular weight excluding hydrogens is 174 g/mol. The molecule has 0 aliphatic carbocycles. The van der Waals surface area contributed by atoms with E-state index in [1.807, 2.05) is 0 Å². The molecule has 9 heavy (non-hydrogen) atoms. The van der Waals surface area contributed by atoms with Gasteiger partial charge in [-0.05, 0) is 5.92 Å². The van der Waals surface area contributed by atoms with Crippen LogP contribution in [0.3, 0.4) is 0 Å². The molecule has 52 valence electrons. The Bertz CT molecular complexity index is 135. The highest BCUT2D eigenvalue weighted by Gasteiger charge is 2.24. The van der Waals surface area contributed by atoms with Crippen molar-refractivity contribution in [1.82, 2.24) is 0 Å². The Morgan fingerprint density at radius 3 is 2.56 bits per heavy atom. The van der Waals surface area contributed by atoms with Gasteiger partial charge in [-0.2, -0.15) is 4.40 Å². The van der Waals surface area contributed by atoms with Crippen LogP contribution in [-0.2, 0) is 0 Å². The van der Waals surface area contributed by atoms with Gasteiger partial charge in [0.05, 0.1) is 5.25 Å². The van der Waals surface area contributed by atoms with Crippen molar-refractivity contribution >= 4 is 38.5 Å². The van der Waals surface area contributed by atoms with Crippen LogP contribution in [0.2, 0.25) is 0 Å². The Hall–Kier alpha value is 0.660. The fraction of sp³-hybridized carbons (Fsp3) is 0.800. The molecule has 0 spiro atoms. The van der Waals surface area contributed by atoms with Crippen LogP contribution in [0.1, 0.15) is 13.8 Å². The van der Waals surface area contributed by atoms with Crippen LogP contribution in [-0.4, -0.2) is 10.4 Å². The van der Waals surface area contributed by atoms with E-state index < -0.39 is 0 Å². The summed E-state index contributed by atoms with van der Waals surface area (Å²) in [5.74, 6) is 0.598. The Kier molecular flexibility index (Phi) is 2.73. The summed E-state index contributed by atoms with van der Waals surface area (Å²) in [6.07, 6.45) is 0. The zero-order valence-corrected chi connectivity index (χ0v) is 7.69. The first-order valence-electron chi connectivity index (χ1n) is 2.77. The third-order valence-electron chi connectivity index (χ3n) is 1.11. The molecule has 1 aliphatic rings. The maximum absolute atomic E-state index is 5.78. The zero-order valence-electron chi connectivity index (χ0n) is 5.30. The van der Waals surface area contributed by atoms with Crippen molar-refractivity contribution in [2.75, 3.05) is 0 Å². The van der Waals surface area contributed by atoms with Gasteiger partial charge in [0, 0.05) is 11.0 Å². The second kappa shape index (κ2) is 3.17. The summed E-state index contributed by atoms with van der Waals surface area (Å²) in [6, 6.07) is 0. The van der Waals surface area contributed by atoms with E-state index >= 15 is 0 Å². The molecule has 0 bridgehead atoms. The minimum Gasteiger partial charge on any atom is -0.196 e. The number of hydrogen-bond acceptors (Lipinski definition) is 3. The monoisotopic (exact) mass is 181 g/mol. The maximum atomic E-state index is 5.78. The predicted octanol–water partition coefficient (Wildman–Crippen LogP) is 2.96. The molecule has 1 nitrogen and oxygen atoms in total. The molecule has 0 aromatic rings. The van der Waals surface area contributed by atoms with Crippen LogP contribution in [0.5, 0.6) is 0 Å². The lowest BCUT2D eigenvalue weighted by atomic mass is 10.1. The topological polar surface area (TPSA) is 12.4 Å². The second-order valence-electron chi connectivity index (χ2n) is 2.25. The SMILES string of the molecule is CC(C)C1SSN=C1Cl. The summed E-state index contributed by atoms with van der Waals surface area (Å²) in [5.41, 5.74) is 0. The number of nitrogens with zero attached hydrogens (tertiary/aromatic N) is 1. The minimum atomic E-state index is 0.427. The quantitative estimate of drug-likeness (QED) is 0.456. The molecule has 0 fully saturated rings. The highest BCUT2D eigenvalue weighted by Crippen LogP contribution is 2.40. The molecule has 0 N–H and O–H groups in total. The van der Waals surface area contributed by atoms with E-state index in [1.165, 1.54) is 11.0 Å². The van der Waals surface area contributed by atoms with Crippen molar-refractivity contribution in [3.05, 3.63) is 0 Å². The average Bonchev–Trinajstić information content (AvgIpc) is 2.13. The predicted molar refractivity (Wildman–Crippen MR) is 47.1 cm³/mol. The molecule has 1 heterocycles. The Labute approximate surface area is 68.2 Å². The average molecular weight is 182 g/mol. The molecule has 1 unspecified atom stereocenters. The first-order chi connectivity index (χ1) is 4.22. The van der Waals surface area contributed by atoms with Gasteiger partial charge in [0.2, 0.25) is 0 Å². The van der Waals surface area contributed by atoms with Crippen LogP contribution in [0.25, 0.3) is 0 Å². The third-order valence-corrected chi connectivity index (χ3v) is 4.10. The molecule has 0 radical (unpaired) electrons. The standard InChI is InChI=1S/C5H8ClNS2/c1-3(2)4-5(6)7-9-8-4/h3-4H,1-2H3. The maximum Gasteiger partial charge on any atom is 0.129 e. The van der Waals surface area contributed by atoms with Crippen LogP contribution in [0.4, 0.5) is 0 Å². The number of rotatable bonds is 1. The van der Waals surface area contributed by atoms with Gasteiger partial charge in [0.15, 0.2) is 0 Å². The van der Waals surface area contributed by atoms with E-state index in [0.717, 1.165) is 5.17 Å². The molecule has 1 aliphatic heterocycles. The normalized spacial score (nSPS) is 27.1. The van der Waals surface area contributed by atoms with Crippen molar-refractivity contribution < 1.29 is 0 Å². The molecule has 0 saturated heterocycles. The molecule has 0 aromatic carbocycles. The van der Waals surface area contributed by atoms with E-state index in [1.54, 1.807) is 10.8 Å². The van der Waals surface area contributed by atoms with Gasteiger partial charge < -0.3 is 0 Å². The minimum absolute atomic E-state index is 0.427. The summed E-state index contributed by atoms with van der Waals surface area (Å²) in [7, 11) is 3.23. The van der Waals surface area contributed by atoms with Gasteiger partial charge >= 0.3 is 0 Å². The van der Waals surface area contributed by atoms with Gasteiger partial charge in [-0.1, -0.05) is 36.2 Å². The molecule has 0 saturated carbocycles. The van der Waals surface area contributed by atoms with Crippen LogP contribution in [0.15, 0.2) is 4.40 Å². The second-order valence-corrected chi connectivity index (χ2v) is 4.69. The smallest absolute Gasteiger partial charge is 0.129 e. The summed E-state index contributed by atoms with van der Waals surface area (Å²) in [4.78, 5) is 0. The molecule has 0 amide bonds. The van der Waals surface area contributed by atoms with Crippen molar-refractivity contribution in [2.45, 2.75) is 19.1 Å². The van der Waals surface area contributed by atoms with E-state index in [2.05, 4.69) is 18.2 Å². The van der Waals surface area contributed by atoms with Gasteiger partial charge in [-0.3, -0.25) is 0 Å². The molecule has 0 aromatic heterocycles. The Morgan fingerprint density at radius 1 is 1.67 bits per heavy atom. The van der Waals surface area contributed by atoms with E-state index in [0.29, 0.717) is 11.2 Å². The zero-order chi connectivity index (χ0) is 6.85. The van der Waals surface area contributed by atoms with Crippen molar-refractivity contribution in [1.29, 1.82) is 0 Å². The van der Waals surface area contributed by atoms with Crippen molar-refractivity contribution in [2.24, 2.45) is 10.3 Å². The Balaban J connectivity index is 2.53. The Morgan fingerprint density at radius 2 is 2.33 bits per heavy atom. The fourth-order valence-electron chi connectivity index (χ4n) is 0.581. The van der Waals surface area contributed by atoms with Crippen molar-refractivity contribution in [3.8, 4) is 0 Å². The highest BCUT2D eigenvalue weighted by molar-refractivity contribution is 8.77.